The lowest BCUT2D eigenvalue weighted by atomic mass is 9.87. The van der Waals surface area contributed by atoms with Crippen LogP contribution in [0.2, 0.25) is 5.15 Å². The normalized spacial score (nSPS) is 18.0. The fraction of sp³-hybridized carbons (Fsp3) is 0.542. The van der Waals surface area contributed by atoms with Gasteiger partial charge in [-0.2, -0.15) is 4.39 Å². The minimum atomic E-state index is -0.582. The third-order valence-corrected chi connectivity index (χ3v) is 6.90. The van der Waals surface area contributed by atoms with E-state index in [-0.39, 0.29) is 5.91 Å². The largest absolute Gasteiger partial charge is 0.371 e. The topological polar surface area (TPSA) is 70.2 Å². The highest BCUT2D eigenvalue weighted by molar-refractivity contribution is 6.29. The van der Waals surface area contributed by atoms with E-state index in [1.165, 1.54) is 44.4 Å². The Hall–Kier alpha value is -2.25. The molecule has 2 aliphatic rings. The Kier molecular flexibility index (Phi) is 7.92. The van der Waals surface area contributed by atoms with Gasteiger partial charge in [-0.3, -0.25) is 4.79 Å². The fourth-order valence-electron chi connectivity index (χ4n) is 4.85. The van der Waals surface area contributed by atoms with Crippen LogP contribution < -0.4 is 15.5 Å². The monoisotopic (exact) mass is 459 g/mol. The summed E-state index contributed by atoms with van der Waals surface area (Å²) in [6.07, 6.45) is 9.92. The van der Waals surface area contributed by atoms with Crippen molar-refractivity contribution in [2.45, 2.75) is 44.9 Å². The molecule has 2 saturated heterocycles. The lowest BCUT2D eigenvalue weighted by Crippen LogP contribution is -2.35. The molecule has 2 aromatic heterocycles. The molecule has 2 fully saturated rings. The van der Waals surface area contributed by atoms with E-state index in [1.807, 2.05) is 0 Å². The van der Waals surface area contributed by atoms with E-state index in [2.05, 4.69) is 25.5 Å². The first-order valence-corrected chi connectivity index (χ1v) is 12.0. The van der Waals surface area contributed by atoms with Crippen molar-refractivity contribution in [3.8, 4) is 0 Å². The lowest BCUT2D eigenvalue weighted by Gasteiger charge is -2.34. The number of carbonyl (C=O) groups excluding carboxylic acids is 1. The number of halogens is 2. The average Bonchev–Trinajstić information content (AvgIpc) is 2.80. The molecule has 0 spiro atoms. The molecule has 2 N–H and O–H groups in total. The van der Waals surface area contributed by atoms with Crippen molar-refractivity contribution in [3.05, 3.63) is 47.1 Å². The second-order valence-corrected chi connectivity index (χ2v) is 9.27. The standard InChI is InChI=1S/C24H31ClFN5O/c25-21-5-2-6-23(29-21)30-24(32)19-16-28-22(26)15-20(19)31-13-9-18(10-14-31)4-1-3-17-7-11-27-12-8-17/h2,5-6,15-18,27H,1,3-4,7-14H2,(H,29,30,32). The third-order valence-electron chi connectivity index (χ3n) is 6.69. The molecule has 2 aliphatic heterocycles. The van der Waals surface area contributed by atoms with Crippen molar-refractivity contribution in [2.24, 2.45) is 11.8 Å². The second kappa shape index (κ2) is 11.1. The van der Waals surface area contributed by atoms with E-state index >= 15 is 0 Å². The van der Waals surface area contributed by atoms with Crippen molar-refractivity contribution in [2.75, 3.05) is 36.4 Å². The number of hydrogen-bond acceptors (Lipinski definition) is 5. The molecular weight excluding hydrogens is 429 g/mol. The molecular formula is C24H31ClFN5O. The molecule has 32 heavy (non-hydrogen) atoms. The molecule has 0 saturated carbocycles. The number of nitrogens with one attached hydrogen (secondary N) is 2. The minimum absolute atomic E-state index is 0.294. The molecule has 8 heteroatoms. The van der Waals surface area contributed by atoms with Crippen LogP contribution in [0.25, 0.3) is 0 Å². The highest BCUT2D eigenvalue weighted by Crippen LogP contribution is 2.30. The molecule has 0 aromatic carbocycles. The van der Waals surface area contributed by atoms with Gasteiger partial charge in [0.1, 0.15) is 11.0 Å². The number of pyridine rings is 2. The van der Waals surface area contributed by atoms with Crippen molar-refractivity contribution in [1.29, 1.82) is 0 Å². The van der Waals surface area contributed by atoms with Crippen LogP contribution in [0.1, 0.15) is 55.3 Å². The minimum Gasteiger partial charge on any atom is -0.371 e. The summed E-state index contributed by atoms with van der Waals surface area (Å²) >= 11 is 5.91. The summed E-state index contributed by atoms with van der Waals surface area (Å²) < 4.78 is 14.0. The molecule has 2 aromatic rings. The summed E-state index contributed by atoms with van der Waals surface area (Å²) in [7, 11) is 0. The van der Waals surface area contributed by atoms with E-state index in [1.54, 1.807) is 18.2 Å². The maximum atomic E-state index is 14.0. The van der Waals surface area contributed by atoms with E-state index < -0.39 is 5.95 Å². The average molecular weight is 460 g/mol. The Morgan fingerprint density at radius 1 is 1.16 bits per heavy atom. The molecule has 0 unspecified atom stereocenters. The summed E-state index contributed by atoms with van der Waals surface area (Å²) in [6.45, 7) is 3.96. The van der Waals surface area contributed by atoms with Crippen molar-refractivity contribution >= 4 is 29.0 Å². The van der Waals surface area contributed by atoms with Gasteiger partial charge in [-0.05, 0) is 62.7 Å². The lowest BCUT2D eigenvalue weighted by molar-refractivity contribution is 0.102. The Bertz CT molecular complexity index is 913. The number of rotatable bonds is 7. The molecule has 0 aliphatic carbocycles. The van der Waals surface area contributed by atoms with E-state index in [4.69, 9.17) is 11.6 Å². The van der Waals surface area contributed by atoms with Crippen molar-refractivity contribution < 1.29 is 9.18 Å². The molecule has 4 rings (SSSR count). The zero-order valence-corrected chi connectivity index (χ0v) is 19.1. The maximum Gasteiger partial charge on any atom is 0.260 e. The van der Waals surface area contributed by atoms with Gasteiger partial charge in [0.2, 0.25) is 5.95 Å². The van der Waals surface area contributed by atoms with Crippen LogP contribution in [0.15, 0.2) is 30.5 Å². The third kappa shape index (κ3) is 6.17. The highest BCUT2D eigenvalue weighted by Gasteiger charge is 2.24. The Morgan fingerprint density at radius 2 is 1.88 bits per heavy atom. The Labute approximate surface area is 194 Å². The van der Waals surface area contributed by atoms with Gasteiger partial charge in [-0.25, -0.2) is 9.97 Å². The van der Waals surface area contributed by atoms with Crippen LogP contribution in [-0.2, 0) is 0 Å². The van der Waals surface area contributed by atoms with Gasteiger partial charge in [0, 0.05) is 25.4 Å². The van der Waals surface area contributed by atoms with Crippen molar-refractivity contribution in [3.63, 3.8) is 0 Å². The maximum absolute atomic E-state index is 14.0. The number of amides is 1. The number of hydrogen-bond donors (Lipinski definition) is 2. The van der Waals surface area contributed by atoms with Crippen molar-refractivity contribution in [1.82, 2.24) is 15.3 Å². The first-order chi connectivity index (χ1) is 15.6. The molecule has 4 heterocycles. The predicted molar refractivity (Wildman–Crippen MR) is 126 cm³/mol. The van der Waals surface area contributed by atoms with Gasteiger partial charge in [-0.1, -0.05) is 36.9 Å². The SMILES string of the molecule is O=C(Nc1cccc(Cl)n1)c1cnc(F)cc1N1CCC(CCCC2CCNCC2)CC1. The molecule has 172 valence electrons. The van der Waals surface area contributed by atoms with Gasteiger partial charge in [0.15, 0.2) is 0 Å². The fourth-order valence-corrected chi connectivity index (χ4v) is 5.01. The van der Waals surface area contributed by atoms with E-state index in [0.717, 1.165) is 44.9 Å². The van der Waals surface area contributed by atoms with Gasteiger partial charge < -0.3 is 15.5 Å². The summed E-state index contributed by atoms with van der Waals surface area (Å²) in [5, 5.41) is 6.46. The van der Waals surface area contributed by atoms with Gasteiger partial charge in [0.05, 0.1) is 11.3 Å². The summed E-state index contributed by atoms with van der Waals surface area (Å²) in [6, 6.07) is 6.37. The van der Waals surface area contributed by atoms with Crippen LogP contribution in [-0.4, -0.2) is 42.1 Å². The van der Waals surface area contributed by atoms with Crippen LogP contribution in [0, 0.1) is 17.8 Å². The van der Waals surface area contributed by atoms with Crippen LogP contribution >= 0.6 is 11.6 Å². The smallest absolute Gasteiger partial charge is 0.260 e. The Morgan fingerprint density at radius 3 is 2.59 bits per heavy atom. The van der Waals surface area contributed by atoms with Gasteiger partial charge >= 0.3 is 0 Å². The zero-order chi connectivity index (χ0) is 22.3. The summed E-state index contributed by atoms with van der Waals surface area (Å²) in [5.74, 6) is 0.983. The summed E-state index contributed by atoms with van der Waals surface area (Å²) in [4.78, 5) is 22.8. The number of carbonyl (C=O) groups is 1. The number of anilines is 2. The number of piperidine rings is 2. The molecule has 0 radical (unpaired) electrons. The van der Waals surface area contributed by atoms with E-state index in [0.29, 0.717) is 28.1 Å². The second-order valence-electron chi connectivity index (χ2n) is 8.88. The van der Waals surface area contributed by atoms with Crippen LogP contribution in [0.3, 0.4) is 0 Å². The first-order valence-electron chi connectivity index (χ1n) is 11.6. The van der Waals surface area contributed by atoms with Crippen LogP contribution in [0.4, 0.5) is 15.9 Å². The molecule has 1 amide bonds. The van der Waals surface area contributed by atoms with Gasteiger partial charge in [-0.15, -0.1) is 0 Å². The quantitative estimate of drug-likeness (QED) is 0.576. The van der Waals surface area contributed by atoms with Crippen LogP contribution in [0.5, 0.6) is 0 Å². The summed E-state index contributed by atoms with van der Waals surface area (Å²) in [5.41, 5.74) is 0.933. The first kappa shape index (κ1) is 22.9. The number of aromatic nitrogens is 2. The highest BCUT2D eigenvalue weighted by atomic mass is 35.5. The molecule has 0 atom stereocenters. The van der Waals surface area contributed by atoms with E-state index in [9.17, 15) is 9.18 Å². The van der Waals surface area contributed by atoms with Gasteiger partial charge in [0.25, 0.3) is 5.91 Å². The zero-order valence-electron chi connectivity index (χ0n) is 18.3. The molecule has 0 bridgehead atoms. The number of nitrogens with zero attached hydrogens (tertiary/aromatic N) is 3. The Balaban J connectivity index is 1.33. The molecule has 6 nitrogen and oxygen atoms in total. The predicted octanol–water partition coefficient (Wildman–Crippen LogP) is 4.91.